The van der Waals surface area contributed by atoms with Crippen molar-refractivity contribution in [3.63, 3.8) is 0 Å². The normalized spacial score (nSPS) is 22.6. The summed E-state index contributed by atoms with van der Waals surface area (Å²) >= 11 is 5.20. The van der Waals surface area contributed by atoms with Crippen molar-refractivity contribution in [3.05, 3.63) is 20.8 Å². The maximum absolute atomic E-state index is 11.9. The molecule has 0 aromatic carbocycles. The summed E-state index contributed by atoms with van der Waals surface area (Å²) < 4.78 is 1.16. The Morgan fingerprint density at radius 1 is 1.47 bits per heavy atom. The third kappa shape index (κ3) is 4.58. The lowest BCUT2D eigenvalue weighted by Gasteiger charge is -2.19. The molecule has 0 aliphatic heterocycles. The zero-order valence-corrected chi connectivity index (χ0v) is 13.4. The molecule has 1 heterocycles. The molecule has 1 amide bonds. The van der Waals surface area contributed by atoms with Crippen LogP contribution < -0.4 is 11.1 Å². The predicted molar refractivity (Wildman–Crippen MR) is 83.3 cm³/mol. The maximum Gasteiger partial charge on any atom is 0.220 e. The highest BCUT2D eigenvalue weighted by Gasteiger charge is 2.26. The molecule has 0 spiro atoms. The minimum absolute atomic E-state index is 0.181. The Labute approximate surface area is 127 Å². The fourth-order valence-electron chi connectivity index (χ4n) is 2.70. The molecule has 0 bridgehead atoms. The van der Waals surface area contributed by atoms with Gasteiger partial charge in [-0.1, -0.05) is 6.42 Å². The minimum Gasteiger partial charge on any atom is -0.353 e. The van der Waals surface area contributed by atoms with Crippen LogP contribution in [0.1, 0.15) is 37.0 Å². The molecule has 2 atom stereocenters. The van der Waals surface area contributed by atoms with Crippen molar-refractivity contribution >= 4 is 33.2 Å². The Hall–Kier alpha value is -0.390. The van der Waals surface area contributed by atoms with Crippen LogP contribution in [0, 0.1) is 5.92 Å². The Morgan fingerprint density at radius 2 is 2.32 bits per heavy atom. The lowest BCUT2D eigenvalue weighted by molar-refractivity contribution is -0.122. The number of nitrogens with one attached hydrogen (secondary N) is 1. The van der Waals surface area contributed by atoms with Gasteiger partial charge >= 0.3 is 0 Å². The van der Waals surface area contributed by atoms with Crippen molar-refractivity contribution in [1.29, 1.82) is 0 Å². The van der Waals surface area contributed by atoms with E-state index in [1.807, 2.05) is 0 Å². The Kier molecular flexibility index (Phi) is 5.85. The number of rotatable bonds is 6. The molecule has 19 heavy (non-hydrogen) atoms. The molecule has 1 aromatic heterocycles. The van der Waals surface area contributed by atoms with Crippen LogP contribution in [-0.4, -0.2) is 18.5 Å². The summed E-state index contributed by atoms with van der Waals surface area (Å²) in [6.07, 6.45) is 5.95. The van der Waals surface area contributed by atoms with Crippen LogP contribution in [0.2, 0.25) is 0 Å². The summed E-state index contributed by atoms with van der Waals surface area (Å²) in [6, 6.07) is 4.49. The van der Waals surface area contributed by atoms with E-state index in [9.17, 15) is 4.79 Å². The molecule has 0 saturated heterocycles. The van der Waals surface area contributed by atoms with Gasteiger partial charge in [0.15, 0.2) is 0 Å². The average Bonchev–Trinajstić information content (AvgIpc) is 2.98. The van der Waals surface area contributed by atoms with E-state index in [0.717, 1.165) is 29.5 Å². The molecule has 1 fully saturated rings. The molecule has 3 N–H and O–H groups in total. The standard InChI is InChI=1S/C14H21BrN2OS/c15-13-8-7-11(19-13)4-2-6-14(18)17-12-5-1-3-10(12)9-16/h7-8,10,12H,1-6,9,16H2,(H,17,18). The molecule has 0 radical (unpaired) electrons. The first-order valence-electron chi connectivity index (χ1n) is 6.92. The number of thiophene rings is 1. The SMILES string of the molecule is NCC1CCCC1NC(=O)CCCc1ccc(Br)s1. The molecule has 1 aromatic rings. The molecule has 2 unspecified atom stereocenters. The molecule has 1 aliphatic rings. The highest BCUT2D eigenvalue weighted by Crippen LogP contribution is 2.25. The van der Waals surface area contributed by atoms with Crippen molar-refractivity contribution < 1.29 is 4.79 Å². The molecule has 3 nitrogen and oxygen atoms in total. The third-order valence-corrected chi connectivity index (χ3v) is 5.45. The van der Waals surface area contributed by atoms with Gasteiger partial charge in [-0.3, -0.25) is 4.79 Å². The van der Waals surface area contributed by atoms with Gasteiger partial charge in [0.25, 0.3) is 0 Å². The molecular formula is C14H21BrN2OS. The molecule has 106 valence electrons. The van der Waals surface area contributed by atoms with E-state index in [2.05, 4.69) is 33.4 Å². The Balaban J connectivity index is 1.67. The van der Waals surface area contributed by atoms with Gasteiger partial charge in [-0.15, -0.1) is 11.3 Å². The van der Waals surface area contributed by atoms with E-state index >= 15 is 0 Å². The highest BCUT2D eigenvalue weighted by atomic mass is 79.9. The molecule has 5 heteroatoms. The number of aryl methyl sites for hydroxylation is 1. The van der Waals surface area contributed by atoms with Gasteiger partial charge in [0, 0.05) is 17.3 Å². The first kappa shape index (κ1) is 15.0. The van der Waals surface area contributed by atoms with E-state index in [4.69, 9.17) is 5.73 Å². The summed E-state index contributed by atoms with van der Waals surface area (Å²) in [5, 5.41) is 3.15. The van der Waals surface area contributed by atoms with E-state index in [0.29, 0.717) is 24.9 Å². The van der Waals surface area contributed by atoms with Crippen LogP contribution in [0.3, 0.4) is 0 Å². The smallest absolute Gasteiger partial charge is 0.220 e. The van der Waals surface area contributed by atoms with Gasteiger partial charge in [0.1, 0.15) is 0 Å². The van der Waals surface area contributed by atoms with Crippen molar-refractivity contribution in [1.82, 2.24) is 5.32 Å². The lowest BCUT2D eigenvalue weighted by Crippen LogP contribution is -2.39. The van der Waals surface area contributed by atoms with Crippen molar-refractivity contribution in [2.24, 2.45) is 11.7 Å². The van der Waals surface area contributed by atoms with Crippen LogP contribution in [0.5, 0.6) is 0 Å². The Morgan fingerprint density at radius 3 is 3.00 bits per heavy atom. The van der Waals surface area contributed by atoms with E-state index < -0.39 is 0 Å². The summed E-state index contributed by atoms with van der Waals surface area (Å²) in [4.78, 5) is 13.2. The molecule has 1 aliphatic carbocycles. The largest absolute Gasteiger partial charge is 0.353 e. The summed E-state index contributed by atoms with van der Waals surface area (Å²) in [5.74, 6) is 0.665. The fourth-order valence-corrected chi connectivity index (χ4v) is 4.22. The number of hydrogen-bond acceptors (Lipinski definition) is 3. The van der Waals surface area contributed by atoms with E-state index in [1.165, 1.54) is 11.3 Å². The Bertz CT molecular complexity index is 421. The van der Waals surface area contributed by atoms with Crippen LogP contribution in [0.4, 0.5) is 0 Å². The van der Waals surface area contributed by atoms with Gasteiger partial charge in [0.05, 0.1) is 3.79 Å². The summed E-state index contributed by atoms with van der Waals surface area (Å²) in [6.45, 7) is 0.689. The zero-order chi connectivity index (χ0) is 13.7. The second-order valence-electron chi connectivity index (χ2n) is 5.16. The van der Waals surface area contributed by atoms with Gasteiger partial charge in [-0.05, 0) is 66.2 Å². The van der Waals surface area contributed by atoms with Gasteiger partial charge in [-0.2, -0.15) is 0 Å². The quantitative estimate of drug-likeness (QED) is 0.833. The van der Waals surface area contributed by atoms with Crippen LogP contribution in [-0.2, 0) is 11.2 Å². The number of amides is 1. The van der Waals surface area contributed by atoms with Gasteiger partial charge in [-0.25, -0.2) is 0 Å². The number of carbonyl (C=O) groups is 1. The van der Waals surface area contributed by atoms with Gasteiger partial charge in [0.2, 0.25) is 5.91 Å². The average molecular weight is 345 g/mol. The highest BCUT2D eigenvalue weighted by molar-refractivity contribution is 9.11. The van der Waals surface area contributed by atoms with Crippen molar-refractivity contribution in [3.8, 4) is 0 Å². The van der Waals surface area contributed by atoms with Crippen LogP contribution >= 0.6 is 27.3 Å². The number of carbonyl (C=O) groups excluding carboxylic acids is 1. The summed E-state index contributed by atoms with van der Waals surface area (Å²) in [5.41, 5.74) is 5.72. The number of halogens is 1. The number of hydrogen-bond donors (Lipinski definition) is 2. The van der Waals surface area contributed by atoms with E-state index in [-0.39, 0.29) is 5.91 Å². The van der Waals surface area contributed by atoms with Crippen LogP contribution in [0.25, 0.3) is 0 Å². The predicted octanol–water partition coefficient (Wildman–Crippen LogP) is 3.08. The first-order valence-corrected chi connectivity index (χ1v) is 8.53. The number of nitrogens with two attached hydrogens (primary N) is 1. The second kappa shape index (κ2) is 7.41. The first-order chi connectivity index (χ1) is 9.19. The van der Waals surface area contributed by atoms with Gasteiger partial charge < -0.3 is 11.1 Å². The minimum atomic E-state index is 0.181. The monoisotopic (exact) mass is 344 g/mol. The molecular weight excluding hydrogens is 324 g/mol. The van der Waals surface area contributed by atoms with Crippen LogP contribution in [0.15, 0.2) is 15.9 Å². The third-order valence-electron chi connectivity index (χ3n) is 3.76. The maximum atomic E-state index is 11.9. The topological polar surface area (TPSA) is 55.1 Å². The lowest BCUT2D eigenvalue weighted by atomic mass is 10.0. The fraction of sp³-hybridized carbons (Fsp3) is 0.643. The van der Waals surface area contributed by atoms with E-state index in [1.54, 1.807) is 11.3 Å². The summed E-state index contributed by atoms with van der Waals surface area (Å²) in [7, 11) is 0. The second-order valence-corrected chi connectivity index (χ2v) is 7.71. The van der Waals surface area contributed by atoms with Crippen molar-refractivity contribution in [2.45, 2.75) is 44.6 Å². The molecule has 1 saturated carbocycles. The molecule has 2 rings (SSSR count). The zero-order valence-electron chi connectivity index (χ0n) is 11.0. The van der Waals surface area contributed by atoms with Crippen molar-refractivity contribution in [2.75, 3.05) is 6.54 Å².